The lowest BCUT2D eigenvalue weighted by Crippen LogP contribution is -2.26. The highest BCUT2D eigenvalue weighted by atomic mass is 32.2. The number of aryl methyl sites for hydroxylation is 1. The molecule has 0 aliphatic rings. The number of ether oxygens (including phenoxy) is 1. The lowest BCUT2D eigenvalue weighted by atomic mass is 10.1. The lowest BCUT2D eigenvalue weighted by Gasteiger charge is -2.21. The van der Waals surface area contributed by atoms with E-state index in [9.17, 15) is 21.6 Å². The Kier molecular flexibility index (Phi) is 5.59. The molecule has 2 rings (SSSR count). The Hall–Kier alpha value is -2.57. The first-order valence-electron chi connectivity index (χ1n) is 7.23. The molecule has 0 aromatic heterocycles. The molecule has 0 heterocycles. The van der Waals surface area contributed by atoms with Crippen molar-refractivity contribution >= 4 is 10.1 Å². The van der Waals surface area contributed by atoms with Crippen LogP contribution in [0.2, 0.25) is 0 Å². The van der Waals surface area contributed by atoms with Crippen LogP contribution in [-0.4, -0.2) is 21.7 Å². The molecule has 5 nitrogen and oxygen atoms in total. The normalized spacial score (nSPS) is 13.1. The van der Waals surface area contributed by atoms with Gasteiger partial charge in [0.2, 0.25) is 0 Å². The summed E-state index contributed by atoms with van der Waals surface area (Å²) in [5.41, 5.74) is 0.0475. The molecule has 0 fully saturated rings. The number of benzene rings is 2. The minimum Gasteiger partial charge on any atom is -0.495 e. The van der Waals surface area contributed by atoms with Crippen molar-refractivity contribution in [3.63, 3.8) is 0 Å². The Morgan fingerprint density at radius 1 is 1.12 bits per heavy atom. The van der Waals surface area contributed by atoms with Crippen molar-refractivity contribution in [2.75, 3.05) is 7.11 Å². The first-order chi connectivity index (χ1) is 12.1. The number of nitrogens with zero attached hydrogens (tertiary/aromatic N) is 1. The number of methoxy groups -OCH3 is 1. The summed E-state index contributed by atoms with van der Waals surface area (Å²) in [7, 11) is -3.42. The molecule has 26 heavy (non-hydrogen) atoms. The SMILES string of the molecule is COc1ccc(C(OS(=O)(=O)c2ccc(C)cc2)C(F)(F)F)cc1C#N. The van der Waals surface area contributed by atoms with Gasteiger partial charge in [-0.1, -0.05) is 23.8 Å². The minimum absolute atomic E-state index is 0.0681. The maximum Gasteiger partial charge on any atom is 0.420 e. The molecular formula is C17H14F3NO4S. The molecule has 9 heteroatoms. The minimum atomic E-state index is -5.01. The third kappa shape index (κ3) is 4.33. The molecule has 2 aromatic rings. The first kappa shape index (κ1) is 19.8. The van der Waals surface area contributed by atoms with Crippen LogP contribution in [0, 0.1) is 18.3 Å². The molecule has 2 aromatic carbocycles. The smallest absolute Gasteiger partial charge is 0.420 e. The van der Waals surface area contributed by atoms with Crippen LogP contribution in [0.1, 0.15) is 22.8 Å². The summed E-state index contributed by atoms with van der Waals surface area (Å²) >= 11 is 0. The molecule has 138 valence electrons. The number of hydrogen-bond acceptors (Lipinski definition) is 5. The quantitative estimate of drug-likeness (QED) is 0.730. The van der Waals surface area contributed by atoms with Crippen molar-refractivity contribution in [2.24, 2.45) is 0 Å². The van der Waals surface area contributed by atoms with Gasteiger partial charge in [0.05, 0.1) is 17.6 Å². The number of rotatable bonds is 5. The molecular weight excluding hydrogens is 371 g/mol. The Balaban J connectivity index is 2.47. The third-order valence-electron chi connectivity index (χ3n) is 3.48. The molecule has 0 amide bonds. The van der Waals surface area contributed by atoms with Crippen LogP contribution in [0.15, 0.2) is 47.4 Å². The van der Waals surface area contributed by atoms with Gasteiger partial charge < -0.3 is 4.74 Å². The van der Waals surface area contributed by atoms with Crippen molar-refractivity contribution in [3.05, 3.63) is 59.2 Å². The van der Waals surface area contributed by atoms with Crippen LogP contribution in [0.5, 0.6) is 5.75 Å². The zero-order chi connectivity index (χ0) is 19.5. The molecule has 0 saturated carbocycles. The highest BCUT2D eigenvalue weighted by Gasteiger charge is 2.45. The molecule has 1 atom stereocenters. The Bertz CT molecular complexity index is 932. The van der Waals surface area contributed by atoms with Gasteiger partial charge in [0, 0.05) is 0 Å². The molecule has 0 bridgehead atoms. The van der Waals surface area contributed by atoms with Crippen LogP contribution in [-0.2, 0) is 14.3 Å². The molecule has 1 unspecified atom stereocenters. The van der Waals surface area contributed by atoms with Gasteiger partial charge >= 0.3 is 6.18 Å². The van der Waals surface area contributed by atoms with E-state index in [1.54, 1.807) is 13.0 Å². The average Bonchev–Trinajstić information content (AvgIpc) is 2.58. The predicted molar refractivity (Wildman–Crippen MR) is 86.0 cm³/mol. The Labute approximate surface area is 148 Å². The number of hydrogen-bond donors (Lipinski definition) is 0. The van der Waals surface area contributed by atoms with E-state index in [0.717, 1.165) is 35.9 Å². The van der Waals surface area contributed by atoms with E-state index < -0.39 is 32.9 Å². The van der Waals surface area contributed by atoms with E-state index in [1.165, 1.54) is 19.2 Å². The van der Waals surface area contributed by atoms with Crippen molar-refractivity contribution in [3.8, 4) is 11.8 Å². The van der Waals surface area contributed by atoms with E-state index in [-0.39, 0.29) is 11.3 Å². The summed E-state index contributed by atoms with van der Waals surface area (Å²) in [4.78, 5) is -0.397. The van der Waals surface area contributed by atoms with Gasteiger partial charge in [-0.25, -0.2) is 4.18 Å². The fraction of sp³-hybridized carbons (Fsp3) is 0.235. The average molecular weight is 385 g/mol. The van der Waals surface area contributed by atoms with E-state index in [2.05, 4.69) is 4.18 Å². The van der Waals surface area contributed by atoms with Crippen LogP contribution in [0.3, 0.4) is 0 Å². The van der Waals surface area contributed by atoms with Crippen molar-refractivity contribution in [1.82, 2.24) is 0 Å². The second-order valence-electron chi connectivity index (χ2n) is 5.36. The largest absolute Gasteiger partial charge is 0.495 e. The second-order valence-corrected chi connectivity index (χ2v) is 6.93. The van der Waals surface area contributed by atoms with E-state index in [0.29, 0.717) is 0 Å². The van der Waals surface area contributed by atoms with Crippen molar-refractivity contribution < 1.29 is 30.5 Å². The van der Waals surface area contributed by atoms with Crippen LogP contribution < -0.4 is 4.74 Å². The number of halogens is 3. The van der Waals surface area contributed by atoms with Gasteiger partial charge in [-0.3, -0.25) is 0 Å². The van der Waals surface area contributed by atoms with Gasteiger partial charge in [0.25, 0.3) is 10.1 Å². The highest BCUT2D eigenvalue weighted by molar-refractivity contribution is 7.86. The summed E-state index contributed by atoms with van der Waals surface area (Å²) in [6.45, 7) is 1.70. The number of alkyl halides is 3. The van der Waals surface area contributed by atoms with Crippen molar-refractivity contribution in [2.45, 2.75) is 24.1 Å². The lowest BCUT2D eigenvalue weighted by molar-refractivity contribution is -0.196. The fourth-order valence-electron chi connectivity index (χ4n) is 2.16. The molecule has 0 spiro atoms. The standard InChI is InChI=1S/C17H14F3NO4S/c1-11-3-6-14(7-4-11)26(22,23)25-16(17(18,19)20)12-5-8-15(24-2)13(9-12)10-21/h3-9,16H,1-2H3. The van der Waals surface area contributed by atoms with Crippen LogP contribution in [0.4, 0.5) is 13.2 Å². The third-order valence-corrected chi connectivity index (χ3v) is 4.77. The predicted octanol–water partition coefficient (Wildman–Crippen LogP) is 3.88. The molecule has 0 saturated heterocycles. The monoisotopic (exact) mass is 385 g/mol. The van der Waals surface area contributed by atoms with Gasteiger partial charge in [-0.2, -0.15) is 26.9 Å². The van der Waals surface area contributed by atoms with Gasteiger partial charge in [-0.05, 0) is 36.8 Å². The van der Waals surface area contributed by atoms with Gasteiger partial charge in [-0.15, -0.1) is 0 Å². The van der Waals surface area contributed by atoms with E-state index in [1.807, 2.05) is 0 Å². The molecule has 0 aliphatic carbocycles. The highest BCUT2D eigenvalue weighted by Crippen LogP contribution is 2.39. The molecule has 0 aliphatic heterocycles. The van der Waals surface area contributed by atoms with E-state index in [4.69, 9.17) is 10.00 Å². The summed E-state index contributed by atoms with van der Waals surface area (Å²) in [6.07, 6.45) is -7.77. The summed E-state index contributed by atoms with van der Waals surface area (Å²) in [5, 5.41) is 9.02. The van der Waals surface area contributed by atoms with Crippen LogP contribution in [0.25, 0.3) is 0 Å². The first-order valence-corrected chi connectivity index (χ1v) is 8.64. The van der Waals surface area contributed by atoms with Gasteiger partial charge in [0.1, 0.15) is 11.8 Å². The second kappa shape index (κ2) is 7.35. The molecule has 0 radical (unpaired) electrons. The Morgan fingerprint density at radius 3 is 2.23 bits per heavy atom. The maximum absolute atomic E-state index is 13.4. The summed E-state index contributed by atoms with van der Waals surface area (Å²) in [6, 6.07) is 9.94. The summed E-state index contributed by atoms with van der Waals surface area (Å²) in [5.74, 6) is 0.0681. The Morgan fingerprint density at radius 2 is 1.73 bits per heavy atom. The van der Waals surface area contributed by atoms with Crippen molar-refractivity contribution in [1.29, 1.82) is 5.26 Å². The zero-order valence-corrected chi connectivity index (χ0v) is 14.6. The van der Waals surface area contributed by atoms with Crippen LogP contribution >= 0.6 is 0 Å². The topological polar surface area (TPSA) is 76.4 Å². The zero-order valence-electron chi connectivity index (χ0n) is 13.7. The maximum atomic E-state index is 13.4. The van der Waals surface area contributed by atoms with E-state index >= 15 is 0 Å². The fourth-order valence-corrected chi connectivity index (χ4v) is 3.22. The van der Waals surface area contributed by atoms with Gasteiger partial charge in [0.15, 0.2) is 6.10 Å². The number of nitriles is 1. The summed E-state index contributed by atoms with van der Waals surface area (Å²) < 4.78 is 74.1. The molecule has 0 N–H and O–H groups in total.